The number of amides is 1. The topological polar surface area (TPSA) is 66.8 Å². The molecule has 1 saturated heterocycles. The lowest BCUT2D eigenvalue weighted by molar-refractivity contribution is 0.0715. The van der Waals surface area contributed by atoms with Gasteiger partial charge in [0.1, 0.15) is 5.69 Å². The number of H-pyrrole nitrogens is 1. The van der Waals surface area contributed by atoms with Gasteiger partial charge < -0.3 is 4.90 Å². The van der Waals surface area contributed by atoms with Crippen molar-refractivity contribution in [3.8, 4) is 0 Å². The second kappa shape index (κ2) is 6.79. The van der Waals surface area contributed by atoms with Gasteiger partial charge in [0, 0.05) is 17.9 Å². The number of aromatic nitrogens is 4. The second-order valence-corrected chi connectivity index (χ2v) is 7.28. The van der Waals surface area contributed by atoms with Crippen LogP contribution in [0.1, 0.15) is 54.3 Å². The molecule has 3 heterocycles. The van der Waals surface area contributed by atoms with E-state index in [0.717, 1.165) is 49.4 Å². The van der Waals surface area contributed by atoms with Crippen LogP contribution in [0, 0.1) is 19.8 Å². The Morgan fingerprint density at radius 2 is 2.17 bits per heavy atom. The van der Waals surface area contributed by atoms with Crippen LogP contribution in [0.25, 0.3) is 0 Å². The van der Waals surface area contributed by atoms with Gasteiger partial charge in [-0.2, -0.15) is 10.2 Å². The van der Waals surface area contributed by atoms with Gasteiger partial charge in [-0.25, -0.2) is 0 Å². The molecule has 0 bridgehead atoms. The lowest BCUT2D eigenvalue weighted by Crippen LogP contribution is -2.38. The zero-order chi connectivity index (χ0) is 17.3. The van der Waals surface area contributed by atoms with E-state index in [0.29, 0.717) is 11.6 Å². The van der Waals surface area contributed by atoms with Crippen LogP contribution in [0.2, 0.25) is 0 Å². The number of likely N-dealkylation sites (tertiary alicyclic amines) is 1. The van der Waals surface area contributed by atoms with Crippen LogP contribution in [0.5, 0.6) is 0 Å². The molecule has 24 heavy (non-hydrogen) atoms. The van der Waals surface area contributed by atoms with Gasteiger partial charge in [0.2, 0.25) is 0 Å². The molecule has 130 valence electrons. The number of rotatable bonds is 5. The fraction of sp³-hybridized carbons (Fsp3) is 0.611. The van der Waals surface area contributed by atoms with Crippen molar-refractivity contribution >= 4 is 5.91 Å². The number of carbonyl (C=O) groups excluding carboxylic acids is 1. The van der Waals surface area contributed by atoms with E-state index in [2.05, 4.69) is 42.1 Å². The van der Waals surface area contributed by atoms with Gasteiger partial charge >= 0.3 is 0 Å². The molecule has 0 radical (unpaired) electrons. The van der Waals surface area contributed by atoms with E-state index in [9.17, 15) is 4.79 Å². The molecule has 1 fully saturated rings. The molecule has 1 aliphatic heterocycles. The molecule has 0 spiro atoms. The standard InChI is InChI=1S/C18H27N5O/c1-12(2)8-15-10-17(20-19-15)18(24)22-7-5-6-16(22)11-23-14(4)9-13(3)21-23/h9-10,12,16H,5-8,11H2,1-4H3,(H,19,20)/t16-/m0/s1. The number of hydrogen-bond donors (Lipinski definition) is 1. The van der Waals surface area contributed by atoms with Crippen molar-refractivity contribution in [2.24, 2.45) is 5.92 Å². The van der Waals surface area contributed by atoms with E-state index in [1.54, 1.807) is 0 Å². The highest BCUT2D eigenvalue weighted by Crippen LogP contribution is 2.22. The Bertz CT molecular complexity index is 715. The first kappa shape index (κ1) is 16.7. The lowest BCUT2D eigenvalue weighted by Gasteiger charge is -2.24. The van der Waals surface area contributed by atoms with Crippen LogP contribution in [-0.4, -0.2) is 43.4 Å². The smallest absolute Gasteiger partial charge is 0.274 e. The van der Waals surface area contributed by atoms with Crippen molar-refractivity contribution in [2.45, 2.75) is 59.5 Å². The van der Waals surface area contributed by atoms with Crippen LogP contribution in [-0.2, 0) is 13.0 Å². The van der Waals surface area contributed by atoms with Gasteiger partial charge in [0.05, 0.1) is 18.3 Å². The van der Waals surface area contributed by atoms with E-state index in [4.69, 9.17) is 0 Å². The van der Waals surface area contributed by atoms with E-state index >= 15 is 0 Å². The summed E-state index contributed by atoms with van der Waals surface area (Å²) in [7, 11) is 0. The van der Waals surface area contributed by atoms with Gasteiger partial charge in [-0.05, 0) is 51.2 Å². The Balaban J connectivity index is 1.71. The van der Waals surface area contributed by atoms with Crippen LogP contribution in [0.3, 0.4) is 0 Å². The Labute approximate surface area is 143 Å². The Kier molecular flexibility index (Phi) is 4.73. The highest BCUT2D eigenvalue weighted by atomic mass is 16.2. The molecule has 3 rings (SSSR count). The summed E-state index contributed by atoms with van der Waals surface area (Å²) in [6, 6.07) is 4.18. The van der Waals surface area contributed by atoms with Crippen molar-refractivity contribution in [3.63, 3.8) is 0 Å². The summed E-state index contributed by atoms with van der Waals surface area (Å²) < 4.78 is 2.01. The first-order valence-corrected chi connectivity index (χ1v) is 8.80. The number of nitrogens with one attached hydrogen (secondary N) is 1. The summed E-state index contributed by atoms with van der Waals surface area (Å²) in [6.07, 6.45) is 2.97. The Morgan fingerprint density at radius 3 is 2.83 bits per heavy atom. The molecule has 0 aromatic carbocycles. The maximum absolute atomic E-state index is 12.9. The molecule has 0 saturated carbocycles. The average Bonchev–Trinajstić information content (AvgIpc) is 3.20. The molecule has 2 aromatic heterocycles. The predicted octanol–water partition coefficient (Wildman–Crippen LogP) is 2.73. The highest BCUT2D eigenvalue weighted by Gasteiger charge is 2.31. The molecular formula is C18H27N5O. The average molecular weight is 329 g/mol. The van der Waals surface area contributed by atoms with Crippen molar-refractivity contribution in [1.82, 2.24) is 24.9 Å². The number of aryl methyl sites for hydroxylation is 2. The molecule has 6 nitrogen and oxygen atoms in total. The predicted molar refractivity (Wildman–Crippen MR) is 92.9 cm³/mol. The minimum absolute atomic E-state index is 0.0327. The third kappa shape index (κ3) is 3.52. The van der Waals surface area contributed by atoms with E-state index < -0.39 is 0 Å². The third-order valence-electron chi connectivity index (χ3n) is 4.60. The van der Waals surface area contributed by atoms with Crippen molar-refractivity contribution in [2.75, 3.05) is 6.54 Å². The Hall–Kier alpha value is -2.11. The summed E-state index contributed by atoms with van der Waals surface area (Å²) >= 11 is 0. The van der Waals surface area contributed by atoms with Gasteiger partial charge in [0.25, 0.3) is 5.91 Å². The summed E-state index contributed by atoms with van der Waals surface area (Å²) in [6.45, 7) is 9.94. The van der Waals surface area contributed by atoms with E-state index in [1.165, 1.54) is 0 Å². The van der Waals surface area contributed by atoms with Crippen LogP contribution in [0.15, 0.2) is 12.1 Å². The molecule has 0 unspecified atom stereocenters. The van der Waals surface area contributed by atoms with Gasteiger partial charge in [0.15, 0.2) is 0 Å². The molecule has 1 atom stereocenters. The lowest BCUT2D eigenvalue weighted by atomic mass is 10.1. The van der Waals surface area contributed by atoms with Gasteiger partial charge in [-0.3, -0.25) is 14.6 Å². The zero-order valence-corrected chi connectivity index (χ0v) is 15.0. The first-order chi connectivity index (χ1) is 11.4. The maximum atomic E-state index is 12.9. The molecule has 2 aromatic rings. The van der Waals surface area contributed by atoms with Crippen molar-refractivity contribution in [1.29, 1.82) is 0 Å². The van der Waals surface area contributed by atoms with E-state index in [-0.39, 0.29) is 11.9 Å². The monoisotopic (exact) mass is 329 g/mol. The number of hydrogen-bond acceptors (Lipinski definition) is 3. The SMILES string of the molecule is Cc1cc(C)n(C[C@@H]2CCCN2C(=O)c2cc(CC(C)C)[nH]n2)n1. The Morgan fingerprint density at radius 1 is 1.38 bits per heavy atom. The zero-order valence-electron chi connectivity index (χ0n) is 15.0. The molecular weight excluding hydrogens is 302 g/mol. The highest BCUT2D eigenvalue weighted by molar-refractivity contribution is 5.92. The largest absolute Gasteiger partial charge is 0.332 e. The van der Waals surface area contributed by atoms with Crippen molar-refractivity contribution < 1.29 is 4.79 Å². The third-order valence-corrected chi connectivity index (χ3v) is 4.60. The molecule has 0 aliphatic carbocycles. The maximum Gasteiger partial charge on any atom is 0.274 e. The number of nitrogens with zero attached hydrogens (tertiary/aromatic N) is 4. The molecule has 1 aliphatic rings. The van der Waals surface area contributed by atoms with Gasteiger partial charge in [-0.15, -0.1) is 0 Å². The minimum Gasteiger partial charge on any atom is -0.332 e. The molecule has 6 heteroatoms. The van der Waals surface area contributed by atoms with E-state index in [1.807, 2.05) is 22.6 Å². The van der Waals surface area contributed by atoms with Gasteiger partial charge in [-0.1, -0.05) is 13.8 Å². The second-order valence-electron chi connectivity index (χ2n) is 7.28. The first-order valence-electron chi connectivity index (χ1n) is 8.80. The van der Waals surface area contributed by atoms with Crippen LogP contribution < -0.4 is 0 Å². The number of aromatic amines is 1. The summed E-state index contributed by atoms with van der Waals surface area (Å²) in [5, 5.41) is 11.8. The quantitative estimate of drug-likeness (QED) is 0.917. The molecule has 1 amide bonds. The summed E-state index contributed by atoms with van der Waals surface area (Å²) in [5.74, 6) is 0.573. The fourth-order valence-electron chi connectivity index (χ4n) is 3.51. The van der Waals surface area contributed by atoms with Crippen LogP contribution >= 0.6 is 0 Å². The fourth-order valence-corrected chi connectivity index (χ4v) is 3.51. The van der Waals surface area contributed by atoms with Crippen LogP contribution in [0.4, 0.5) is 0 Å². The normalized spacial score (nSPS) is 17.9. The minimum atomic E-state index is 0.0327. The van der Waals surface area contributed by atoms with Crippen molar-refractivity contribution in [3.05, 3.63) is 34.9 Å². The summed E-state index contributed by atoms with van der Waals surface area (Å²) in [5.41, 5.74) is 3.73. The number of carbonyl (C=O) groups is 1. The molecule has 1 N–H and O–H groups in total. The summed E-state index contributed by atoms with van der Waals surface area (Å²) in [4.78, 5) is 14.8.